The van der Waals surface area contributed by atoms with Gasteiger partial charge >= 0.3 is 6.18 Å². The number of hydrogen-bond acceptors (Lipinski definition) is 4. The average Bonchev–Trinajstić information content (AvgIpc) is 3.43. The smallest absolute Gasteiger partial charge is 0.428 e. The first-order chi connectivity index (χ1) is 19.6. The Kier molecular flexibility index (Phi) is 8.26. The molecule has 2 N–H and O–H groups in total. The molecule has 5 rings (SSSR count). The second-order valence-corrected chi connectivity index (χ2v) is 10.1. The summed E-state index contributed by atoms with van der Waals surface area (Å²) in [5, 5.41) is 2.96. The number of benzene rings is 4. The van der Waals surface area contributed by atoms with Gasteiger partial charge in [-0.25, -0.2) is 0 Å². The molecule has 0 fully saturated rings. The zero-order valence-corrected chi connectivity index (χ0v) is 22.9. The summed E-state index contributed by atoms with van der Waals surface area (Å²) in [5.74, 6) is 1.16. The normalized spacial score (nSPS) is 16.6. The van der Waals surface area contributed by atoms with Crippen LogP contribution in [0.4, 0.5) is 13.2 Å². The van der Waals surface area contributed by atoms with E-state index in [9.17, 15) is 18.0 Å². The molecular formula is C31H23Cl2F3N2O3. The monoisotopic (exact) mass is 598 g/mol. The van der Waals surface area contributed by atoms with Gasteiger partial charge in [-0.3, -0.25) is 15.1 Å². The van der Waals surface area contributed by atoms with Crippen molar-refractivity contribution in [3.63, 3.8) is 0 Å². The Morgan fingerprint density at radius 2 is 1.56 bits per heavy atom. The van der Waals surface area contributed by atoms with Crippen LogP contribution in [-0.4, -0.2) is 18.6 Å². The van der Waals surface area contributed by atoms with Crippen LogP contribution in [0.5, 0.6) is 11.5 Å². The van der Waals surface area contributed by atoms with Crippen molar-refractivity contribution in [1.82, 2.24) is 10.8 Å². The number of halogens is 5. The third-order valence-electron chi connectivity index (χ3n) is 6.50. The van der Waals surface area contributed by atoms with Crippen LogP contribution >= 0.6 is 23.2 Å². The first-order valence-electron chi connectivity index (χ1n) is 12.5. The van der Waals surface area contributed by atoms with Crippen LogP contribution < -0.4 is 15.5 Å². The number of ether oxygens (including phenoxy) is 1. The Hall–Kier alpha value is -3.98. The summed E-state index contributed by atoms with van der Waals surface area (Å²) in [6, 6.07) is 26.8. The number of amides is 1. The van der Waals surface area contributed by atoms with Crippen LogP contribution in [0.1, 0.15) is 27.0 Å². The molecule has 4 aromatic rings. The molecule has 1 aliphatic rings. The molecule has 1 heterocycles. The largest absolute Gasteiger partial charge is 0.457 e. The van der Waals surface area contributed by atoms with Crippen LogP contribution in [0.2, 0.25) is 10.0 Å². The Morgan fingerprint density at radius 1 is 0.878 bits per heavy atom. The highest BCUT2D eigenvalue weighted by molar-refractivity contribution is 6.42. The van der Waals surface area contributed by atoms with E-state index in [-0.39, 0.29) is 27.2 Å². The lowest BCUT2D eigenvalue weighted by atomic mass is 9.91. The quantitative estimate of drug-likeness (QED) is 0.215. The summed E-state index contributed by atoms with van der Waals surface area (Å²) in [6.07, 6.45) is -3.25. The van der Waals surface area contributed by atoms with Crippen LogP contribution in [0.25, 0.3) is 5.70 Å². The van der Waals surface area contributed by atoms with E-state index in [4.69, 9.17) is 32.8 Å². The third-order valence-corrected chi connectivity index (χ3v) is 7.24. The Labute approximate surface area is 244 Å². The molecular weight excluding hydrogens is 576 g/mol. The van der Waals surface area contributed by atoms with Crippen LogP contribution in [0, 0.1) is 0 Å². The van der Waals surface area contributed by atoms with E-state index in [1.165, 1.54) is 24.3 Å². The summed E-state index contributed by atoms with van der Waals surface area (Å²) < 4.78 is 48.4. The predicted molar refractivity (Wildman–Crippen MR) is 152 cm³/mol. The maximum Gasteiger partial charge on any atom is 0.428 e. The molecule has 0 saturated heterocycles. The number of nitrogens with one attached hydrogen (secondary N) is 2. The van der Waals surface area contributed by atoms with Gasteiger partial charge in [-0.15, -0.1) is 0 Å². The molecule has 1 atom stereocenters. The van der Waals surface area contributed by atoms with Crippen LogP contribution in [0.3, 0.4) is 0 Å². The first-order valence-corrected chi connectivity index (χ1v) is 13.3. The van der Waals surface area contributed by atoms with Crippen molar-refractivity contribution in [2.45, 2.75) is 18.2 Å². The average molecular weight is 599 g/mol. The highest BCUT2D eigenvalue weighted by Gasteiger charge is 2.59. The number of carbonyl (C=O) groups excluding carboxylic acids is 1. The molecule has 10 heteroatoms. The molecule has 1 aliphatic heterocycles. The highest BCUT2D eigenvalue weighted by Crippen LogP contribution is 2.48. The number of carbonyl (C=O) groups is 1. The van der Waals surface area contributed by atoms with E-state index in [1.54, 1.807) is 12.1 Å². The van der Waals surface area contributed by atoms with Crippen molar-refractivity contribution in [3.05, 3.63) is 135 Å². The zero-order chi connectivity index (χ0) is 29.0. The van der Waals surface area contributed by atoms with Crippen molar-refractivity contribution in [3.8, 4) is 11.5 Å². The molecule has 1 amide bonds. The van der Waals surface area contributed by atoms with Crippen LogP contribution in [-0.2, 0) is 16.9 Å². The van der Waals surface area contributed by atoms with E-state index in [0.717, 1.165) is 23.5 Å². The minimum Gasteiger partial charge on any atom is -0.457 e. The van der Waals surface area contributed by atoms with Gasteiger partial charge in [0, 0.05) is 17.7 Å². The molecule has 0 radical (unpaired) electrons. The summed E-state index contributed by atoms with van der Waals surface area (Å²) in [4.78, 5) is 17.8. The van der Waals surface area contributed by atoms with Gasteiger partial charge in [-0.2, -0.15) is 13.2 Å². The van der Waals surface area contributed by atoms with Crippen molar-refractivity contribution < 1.29 is 27.5 Å². The van der Waals surface area contributed by atoms with Gasteiger partial charge in [0.15, 0.2) is 0 Å². The zero-order valence-electron chi connectivity index (χ0n) is 21.3. The van der Waals surface area contributed by atoms with Crippen molar-refractivity contribution in [1.29, 1.82) is 0 Å². The molecule has 0 aromatic heterocycles. The molecule has 5 nitrogen and oxygen atoms in total. The second kappa shape index (κ2) is 11.9. The van der Waals surface area contributed by atoms with Gasteiger partial charge in [0.05, 0.1) is 15.7 Å². The topological polar surface area (TPSA) is 59.6 Å². The molecule has 0 spiro atoms. The van der Waals surface area contributed by atoms with Crippen LogP contribution in [0.15, 0.2) is 103 Å². The van der Waals surface area contributed by atoms with Crippen molar-refractivity contribution in [2.75, 3.05) is 6.54 Å². The fourth-order valence-corrected chi connectivity index (χ4v) is 4.58. The predicted octanol–water partition coefficient (Wildman–Crippen LogP) is 8.09. The highest BCUT2D eigenvalue weighted by atomic mass is 35.5. The molecule has 0 aliphatic carbocycles. The number of rotatable bonds is 8. The number of hydroxylamine groups is 1. The Bertz CT molecular complexity index is 1560. The van der Waals surface area contributed by atoms with Gasteiger partial charge in [-0.1, -0.05) is 71.7 Å². The van der Waals surface area contributed by atoms with Crippen molar-refractivity contribution in [2.24, 2.45) is 0 Å². The molecule has 210 valence electrons. The van der Waals surface area contributed by atoms with Gasteiger partial charge in [0.25, 0.3) is 5.91 Å². The Morgan fingerprint density at radius 3 is 2.22 bits per heavy atom. The molecule has 0 saturated carbocycles. The number of hydrogen-bond donors (Lipinski definition) is 2. The lowest BCUT2D eigenvalue weighted by molar-refractivity contribution is -0.269. The van der Waals surface area contributed by atoms with Gasteiger partial charge in [-0.05, 0) is 72.2 Å². The lowest BCUT2D eigenvalue weighted by Crippen LogP contribution is -2.42. The Balaban J connectivity index is 1.20. The minimum absolute atomic E-state index is 0.0253. The molecule has 4 aromatic carbocycles. The molecule has 41 heavy (non-hydrogen) atoms. The molecule has 1 unspecified atom stereocenters. The van der Waals surface area contributed by atoms with E-state index in [1.807, 2.05) is 54.6 Å². The summed E-state index contributed by atoms with van der Waals surface area (Å²) in [6.45, 7) is 0.401. The van der Waals surface area contributed by atoms with E-state index in [0.29, 0.717) is 29.8 Å². The van der Waals surface area contributed by atoms with Gasteiger partial charge in [0.2, 0.25) is 5.60 Å². The summed E-state index contributed by atoms with van der Waals surface area (Å²) in [5.41, 5.74) is 1.28. The van der Waals surface area contributed by atoms with Gasteiger partial charge < -0.3 is 10.1 Å². The van der Waals surface area contributed by atoms with E-state index in [2.05, 4.69) is 10.8 Å². The third kappa shape index (κ3) is 6.35. The minimum atomic E-state index is -4.80. The maximum atomic E-state index is 14.2. The first kappa shape index (κ1) is 28.5. The van der Waals surface area contributed by atoms with E-state index >= 15 is 0 Å². The summed E-state index contributed by atoms with van der Waals surface area (Å²) >= 11 is 11.9. The fraction of sp³-hybridized carbons (Fsp3) is 0.129. The van der Waals surface area contributed by atoms with Crippen molar-refractivity contribution >= 4 is 34.8 Å². The lowest BCUT2D eigenvalue weighted by Gasteiger charge is -2.28. The fourth-order valence-electron chi connectivity index (χ4n) is 4.29. The maximum absolute atomic E-state index is 14.2. The number of para-hydroxylation sites is 1. The van der Waals surface area contributed by atoms with E-state index < -0.39 is 11.8 Å². The second-order valence-electron chi connectivity index (χ2n) is 9.27. The summed E-state index contributed by atoms with van der Waals surface area (Å²) in [7, 11) is 0. The number of alkyl halides is 3. The van der Waals surface area contributed by atoms with Gasteiger partial charge in [0.1, 0.15) is 11.5 Å². The molecule has 0 bridgehead atoms. The SMILES string of the molecule is O=C(NCCc1ccc(Oc2ccccc2)cc1)c1ccc(C2=CC(c3ccc(Cl)c(Cl)c3)(C(F)(F)F)ON2)cc1. The standard InChI is InChI=1S/C31H23Cl2F3N2O3/c32-26-15-12-23(18-27(26)33)30(31(34,35)36)19-28(38-41-30)21-8-10-22(11-9-21)29(39)37-17-16-20-6-13-25(14-7-20)40-24-4-2-1-3-5-24/h1-15,18-19,38H,16-17H2,(H,37,39).